The Labute approximate surface area is 70.7 Å². The van der Waals surface area contributed by atoms with E-state index in [1.807, 2.05) is 5.32 Å². The van der Waals surface area contributed by atoms with Crippen LogP contribution in [0.3, 0.4) is 0 Å². The van der Waals surface area contributed by atoms with Crippen LogP contribution in [0.15, 0.2) is 0 Å². The molecular weight excluding hydrogens is 186 g/mol. The minimum Gasteiger partial charge on any atom is -0.465 e. The molecular formula is C5H11NO5S. The van der Waals surface area contributed by atoms with Crippen molar-refractivity contribution in [3.8, 4) is 0 Å². The Hall–Kier alpha value is -0.820. The quantitative estimate of drug-likeness (QED) is 0.599. The van der Waals surface area contributed by atoms with E-state index in [0.29, 0.717) is 0 Å². The van der Waals surface area contributed by atoms with Crippen molar-refractivity contribution in [1.29, 1.82) is 0 Å². The van der Waals surface area contributed by atoms with Crippen molar-refractivity contribution >= 4 is 16.2 Å². The van der Waals surface area contributed by atoms with Gasteiger partial charge in [-0.1, -0.05) is 0 Å². The van der Waals surface area contributed by atoms with E-state index in [9.17, 15) is 13.2 Å². The van der Waals surface area contributed by atoms with Crippen molar-refractivity contribution in [3.63, 3.8) is 0 Å². The highest BCUT2D eigenvalue weighted by atomic mass is 32.2. The van der Waals surface area contributed by atoms with Crippen LogP contribution in [0, 0.1) is 0 Å². The summed E-state index contributed by atoms with van der Waals surface area (Å²) in [4.78, 5) is 9.95. The minimum atomic E-state index is -3.50. The maximum absolute atomic E-state index is 10.5. The summed E-state index contributed by atoms with van der Waals surface area (Å²) in [6, 6.07) is 0. The van der Waals surface area contributed by atoms with Crippen LogP contribution in [0.5, 0.6) is 0 Å². The van der Waals surface area contributed by atoms with Crippen molar-refractivity contribution < 1.29 is 22.5 Å². The maximum atomic E-state index is 10.5. The molecule has 1 atom stereocenters. The predicted molar refractivity (Wildman–Crippen MR) is 41.4 cm³/mol. The zero-order chi connectivity index (χ0) is 9.78. The molecule has 0 radical (unpaired) electrons. The first-order valence-electron chi connectivity index (χ1n) is 3.16. The monoisotopic (exact) mass is 197 g/mol. The molecule has 0 saturated heterocycles. The van der Waals surface area contributed by atoms with Crippen LogP contribution in [0.25, 0.3) is 0 Å². The average molecular weight is 197 g/mol. The minimum absolute atomic E-state index is 0.0532. The fourth-order valence-electron chi connectivity index (χ4n) is 0.563. The van der Waals surface area contributed by atoms with Crippen molar-refractivity contribution in [3.05, 3.63) is 0 Å². The number of hydrogen-bond acceptors (Lipinski definition) is 4. The third kappa shape index (κ3) is 7.29. The molecule has 7 heteroatoms. The molecule has 1 unspecified atom stereocenters. The van der Waals surface area contributed by atoms with E-state index in [1.165, 1.54) is 6.92 Å². The molecule has 2 N–H and O–H groups in total. The van der Waals surface area contributed by atoms with Crippen molar-refractivity contribution in [1.82, 2.24) is 5.32 Å². The molecule has 0 aliphatic heterocycles. The molecule has 0 aliphatic carbocycles. The summed E-state index contributed by atoms with van der Waals surface area (Å²) in [7, 11) is -3.50. The van der Waals surface area contributed by atoms with E-state index in [2.05, 4.69) is 4.18 Å². The van der Waals surface area contributed by atoms with Gasteiger partial charge in [0.25, 0.3) is 10.1 Å². The van der Waals surface area contributed by atoms with E-state index in [1.54, 1.807) is 0 Å². The summed E-state index contributed by atoms with van der Waals surface area (Å²) < 4.78 is 25.4. The summed E-state index contributed by atoms with van der Waals surface area (Å²) in [5.74, 6) is 0. The first-order chi connectivity index (χ1) is 5.31. The van der Waals surface area contributed by atoms with Crippen LogP contribution >= 0.6 is 0 Å². The summed E-state index contributed by atoms with van der Waals surface area (Å²) in [6.07, 6.45) is -0.986. The van der Waals surface area contributed by atoms with E-state index >= 15 is 0 Å². The molecule has 0 heterocycles. The van der Waals surface area contributed by atoms with E-state index in [-0.39, 0.29) is 6.54 Å². The third-order valence-electron chi connectivity index (χ3n) is 0.880. The largest absolute Gasteiger partial charge is 0.465 e. The predicted octanol–water partition coefficient (Wildman–Crippen LogP) is -0.381. The highest BCUT2D eigenvalue weighted by molar-refractivity contribution is 7.86. The number of hydrogen-bond donors (Lipinski definition) is 2. The lowest BCUT2D eigenvalue weighted by Gasteiger charge is -2.09. The van der Waals surface area contributed by atoms with E-state index < -0.39 is 22.3 Å². The second kappa shape index (κ2) is 4.27. The summed E-state index contributed by atoms with van der Waals surface area (Å²) in [6.45, 7) is 1.40. The van der Waals surface area contributed by atoms with Gasteiger partial charge in [-0.15, -0.1) is 0 Å². The molecule has 0 spiro atoms. The van der Waals surface area contributed by atoms with Gasteiger partial charge in [-0.25, -0.2) is 4.79 Å². The Morgan fingerprint density at radius 3 is 2.50 bits per heavy atom. The molecule has 0 aromatic rings. The topological polar surface area (TPSA) is 92.7 Å². The molecule has 0 bridgehead atoms. The second-order valence-electron chi connectivity index (χ2n) is 2.30. The number of carboxylic acid groups (broad SMARTS) is 1. The van der Waals surface area contributed by atoms with Gasteiger partial charge >= 0.3 is 6.09 Å². The van der Waals surface area contributed by atoms with Gasteiger partial charge in [-0.2, -0.15) is 8.42 Å². The Balaban J connectivity index is 3.75. The first-order valence-corrected chi connectivity index (χ1v) is 4.98. The van der Waals surface area contributed by atoms with Crippen LogP contribution in [0.2, 0.25) is 0 Å². The van der Waals surface area contributed by atoms with Crippen LogP contribution in [0.4, 0.5) is 4.79 Å². The molecule has 0 saturated carbocycles. The molecule has 12 heavy (non-hydrogen) atoms. The van der Waals surface area contributed by atoms with Gasteiger partial charge in [0.05, 0.1) is 12.4 Å². The summed E-state index contributed by atoms with van der Waals surface area (Å²) >= 11 is 0. The summed E-state index contributed by atoms with van der Waals surface area (Å²) in [5, 5.41) is 10.1. The lowest BCUT2D eigenvalue weighted by Crippen LogP contribution is -2.31. The lowest BCUT2D eigenvalue weighted by molar-refractivity contribution is 0.180. The maximum Gasteiger partial charge on any atom is 0.404 e. The van der Waals surface area contributed by atoms with Gasteiger partial charge in [0.1, 0.15) is 0 Å². The Morgan fingerprint density at radius 1 is 1.67 bits per heavy atom. The SMILES string of the molecule is CC(CNC(=O)O)OS(C)(=O)=O. The van der Waals surface area contributed by atoms with Gasteiger partial charge in [-0.05, 0) is 6.92 Å². The molecule has 0 fully saturated rings. The zero-order valence-electron chi connectivity index (χ0n) is 6.77. The molecule has 0 aliphatic rings. The van der Waals surface area contributed by atoms with Gasteiger partial charge in [0.15, 0.2) is 0 Å². The fraction of sp³-hybridized carbons (Fsp3) is 0.800. The normalized spacial score (nSPS) is 13.8. The van der Waals surface area contributed by atoms with Crippen LogP contribution in [-0.4, -0.2) is 38.5 Å². The molecule has 6 nitrogen and oxygen atoms in total. The van der Waals surface area contributed by atoms with Gasteiger partial charge in [-0.3, -0.25) is 4.18 Å². The molecule has 0 aromatic heterocycles. The Morgan fingerprint density at radius 2 is 2.17 bits per heavy atom. The highest BCUT2D eigenvalue weighted by Crippen LogP contribution is 1.94. The smallest absolute Gasteiger partial charge is 0.404 e. The zero-order valence-corrected chi connectivity index (χ0v) is 7.59. The van der Waals surface area contributed by atoms with Crippen molar-refractivity contribution in [2.45, 2.75) is 13.0 Å². The standard InChI is InChI=1S/C5H11NO5S/c1-4(3-6-5(7)8)11-12(2,9)10/h4,6H,3H2,1-2H3,(H,7,8). The molecule has 0 rings (SSSR count). The fourth-order valence-corrected chi connectivity index (χ4v) is 1.23. The van der Waals surface area contributed by atoms with Gasteiger partial charge < -0.3 is 10.4 Å². The van der Waals surface area contributed by atoms with E-state index in [0.717, 1.165) is 6.26 Å². The highest BCUT2D eigenvalue weighted by Gasteiger charge is 2.10. The lowest BCUT2D eigenvalue weighted by atomic mass is 10.4. The van der Waals surface area contributed by atoms with Crippen LogP contribution in [-0.2, 0) is 14.3 Å². The van der Waals surface area contributed by atoms with Gasteiger partial charge in [0, 0.05) is 6.54 Å². The average Bonchev–Trinajstić information content (AvgIpc) is 1.79. The molecule has 1 amide bonds. The van der Waals surface area contributed by atoms with Crippen LogP contribution in [0.1, 0.15) is 6.92 Å². The number of carbonyl (C=O) groups is 1. The summed E-state index contributed by atoms with van der Waals surface area (Å²) in [5.41, 5.74) is 0. The Kier molecular flexibility index (Phi) is 3.98. The number of amides is 1. The van der Waals surface area contributed by atoms with Gasteiger partial charge in [0.2, 0.25) is 0 Å². The van der Waals surface area contributed by atoms with E-state index in [4.69, 9.17) is 5.11 Å². The number of nitrogens with one attached hydrogen (secondary N) is 1. The van der Waals surface area contributed by atoms with Crippen molar-refractivity contribution in [2.75, 3.05) is 12.8 Å². The Bertz CT molecular complexity index is 247. The second-order valence-corrected chi connectivity index (χ2v) is 3.90. The van der Waals surface area contributed by atoms with Crippen molar-refractivity contribution in [2.24, 2.45) is 0 Å². The number of rotatable bonds is 4. The third-order valence-corrected chi connectivity index (χ3v) is 1.56. The first kappa shape index (κ1) is 11.2. The van der Waals surface area contributed by atoms with Crippen LogP contribution < -0.4 is 5.32 Å². The molecule has 72 valence electrons. The molecule has 0 aromatic carbocycles.